The van der Waals surface area contributed by atoms with E-state index >= 15 is 0 Å². The highest BCUT2D eigenvalue weighted by Crippen LogP contribution is 2.30. The maximum Gasteiger partial charge on any atom is 0.222 e. The number of hydrogen-bond acceptors (Lipinski definition) is 3. The first-order chi connectivity index (χ1) is 9.20. The summed E-state index contributed by atoms with van der Waals surface area (Å²) in [6.45, 7) is 4.14. The van der Waals surface area contributed by atoms with Crippen LogP contribution in [0.3, 0.4) is 0 Å². The SMILES string of the molecule is CNc1ncc(C)c(-c2c[nH]c3c(C)cccc23)n1. The van der Waals surface area contributed by atoms with Crippen molar-refractivity contribution in [3.05, 3.63) is 41.7 Å². The average molecular weight is 252 g/mol. The molecule has 2 N–H and O–H groups in total. The molecule has 0 radical (unpaired) electrons. The predicted molar refractivity (Wildman–Crippen MR) is 78.3 cm³/mol. The van der Waals surface area contributed by atoms with E-state index in [1.807, 2.05) is 26.4 Å². The Morgan fingerprint density at radius 1 is 1.16 bits per heavy atom. The number of H-pyrrole nitrogens is 1. The summed E-state index contributed by atoms with van der Waals surface area (Å²) in [6, 6.07) is 6.30. The highest BCUT2D eigenvalue weighted by Gasteiger charge is 2.12. The van der Waals surface area contributed by atoms with E-state index in [0.29, 0.717) is 5.95 Å². The molecule has 96 valence electrons. The lowest BCUT2D eigenvalue weighted by Gasteiger charge is -2.06. The van der Waals surface area contributed by atoms with Gasteiger partial charge in [-0.25, -0.2) is 9.97 Å². The summed E-state index contributed by atoms with van der Waals surface area (Å²) in [5.74, 6) is 0.641. The summed E-state index contributed by atoms with van der Waals surface area (Å²) in [5, 5.41) is 4.18. The zero-order valence-corrected chi connectivity index (χ0v) is 11.3. The summed E-state index contributed by atoms with van der Waals surface area (Å²) >= 11 is 0. The van der Waals surface area contributed by atoms with Gasteiger partial charge in [0.25, 0.3) is 0 Å². The third-order valence-corrected chi connectivity index (χ3v) is 3.37. The van der Waals surface area contributed by atoms with Crippen LogP contribution in [0.2, 0.25) is 0 Å². The van der Waals surface area contributed by atoms with Crippen molar-refractivity contribution in [2.75, 3.05) is 12.4 Å². The predicted octanol–water partition coefficient (Wildman–Crippen LogP) is 3.28. The van der Waals surface area contributed by atoms with Crippen LogP contribution in [0.5, 0.6) is 0 Å². The molecule has 19 heavy (non-hydrogen) atoms. The van der Waals surface area contributed by atoms with Crippen LogP contribution in [0.1, 0.15) is 11.1 Å². The molecule has 0 atom stereocenters. The van der Waals surface area contributed by atoms with Gasteiger partial charge >= 0.3 is 0 Å². The van der Waals surface area contributed by atoms with E-state index in [0.717, 1.165) is 16.8 Å². The molecule has 2 aromatic heterocycles. The molecule has 0 amide bonds. The van der Waals surface area contributed by atoms with Gasteiger partial charge in [-0.2, -0.15) is 0 Å². The van der Waals surface area contributed by atoms with Crippen LogP contribution in [-0.2, 0) is 0 Å². The Balaban J connectivity index is 2.27. The summed E-state index contributed by atoms with van der Waals surface area (Å²) < 4.78 is 0. The molecule has 0 unspecified atom stereocenters. The van der Waals surface area contributed by atoms with Crippen molar-refractivity contribution >= 4 is 16.9 Å². The van der Waals surface area contributed by atoms with Crippen LogP contribution in [0, 0.1) is 13.8 Å². The highest BCUT2D eigenvalue weighted by molar-refractivity contribution is 5.96. The normalized spacial score (nSPS) is 10.9. The van der Waals surface area contributed by atoms with Crippen LogP contribution < -0.4 is 5.32 Å². The fourth-order valence-electron chi connectivity index (χ4n) is 2.34. The molecule has 0 spiro atoms. The van der Waals surface area contributed by atoms with Gasteiger partial charge in [0.15, 0.2) is 0 Å². The fourth-order valence-corrected chi connectivity index (χ4v) is 2.34. The smallest absolute Gasteiger partial charge is 0.222 e. The molecule has 0 aliphatic carbocycles. The Bertz CT molecular complexity index is 743. The lowest BCUT2D eigenvalue weighted by Crippen LogP contribution is -1.98. The van der Waals surface area contributed by atoms with Crippen LogP contribution >= 0.6 is 0 Å². The van der Waals surface area contributed by atoms with Gasteiger partial charge < -0.3 is 10.3 Å². The van der Waals surface area contributed by atoms with Gasteiger partial charge in [-0.1, -0.05) is 18.2 Å². The largest absolute Gasteiger partial charge is 0.360 e. The molecule has 0 saturated heterocycles. The molecule has 0 bridgehead atoms. The van der Waals surface area contributed by atoms with Crippen LogP contribution in [-0.4, -0.2) is 22.0 Å². The van der Waals surface area contributed by atoms with Crippen molar-refractivity contribution in [2.24, 2.45) is 0 Å². The van der Waals surface area contributed by atoms with E-state index in [1.54, 1.807) is 0 Å². The van der Waals surface area contributed by atoms with Gasteiger partial charge in [0.2, 0.25) is 5.95 Å². The molecule has 0 fully saturated rings. The number of fused-ring (bicyclic) bond motifs is 1. The quantitative estimate of drug-likeness (QED) is 0.736. The first-order valence-corrected chi connectivity index (χ1v) is 6.29. The van der Waals surface area contributed by atoms with Gasteiger partial charge in [-0.15, -0.1) is 0 Å². The maximum absolute atomic E-state index is 4.57. The van der Waals surface area contributed by atoms with Crippen molar-refractivity contribution in [2.45, 2.75) is 13.8 Å². The minimum Gasteiger partial charge on any atom is -0.360 e. The standard InChI is InChI=1S/C15H16N4/c1-9-5-4-6-11-12(8-17-13(9)11)14-10(2)7-18-15(16-3)19-14/h4-8,17H,1-3H3,(H,16,18,19). The first kappa shape index (κ1) is 11.7. The molecule has 1 aromatic carbocycles. The molecule has 0 aliphatic heterocycles. The Hall–Kier alpha value is -2.36. The van der Waals surface area contributed by atoms with Crippen LogP contribution in [0.4, 0.5) is 5.95 Å². The number of aromatic amines is 1. The van der Waals surface area contributed by atoms with E-state index in [9.17, 15) is 0 Å². The van der Waals surface area contributed by atoms with Gasteiger partial charge in [0.1, 0.15) is 0 Å². The lowest BCUT2D eigenvalue weighted by molar-refractivity contribution is 1.12. The molecule has 0 aliphatic rings. The number of hydrogen-bond donors (Lipinski definition) is 2. The molecule has 3 aromatic rings. The Morgan fingerprint density at radius 3 is 2.79 bits per heavy atom. The van der Waals surface area contributed by atoms with Crippen molar-refractivity contribution in [1.29, 1.82) is 0 Å². The van der Waals surface area contributed by atoms with E-state index in [-0.39, 0.29) is 0 Å². The molecular formula is C15H16N4. The first-order valence-electron chi connectivity index (χ1n) is 6.29. The van der Waals surface area contributed by atoms with E-state index in [2.05, 4.69) is 45.4 Å². The lowest BCUT2D eigenvalue weighted by atomic mass is 10.1. The zero-order chi connectivity index (χ0) is 13.4. The van der Waals surface area contributed by atoms with Crippen LogP contribution in [0.15, 0.2) is 30.6 Å². The number of para-hydroxylation sites is 1. The minimum atomic E-state index is 0.641. The van der Waals surface area contributed by atoms with Gasteiger partial charge in [-0.05, 0) is 25.0 Å². The number of nitrogens with one attached hydrogen (secondary N) is 2. The molecule has 0 saturated carbocycles. The summed E-state index contributed by atoms with van der Waals surface area (Å²) in [7, 11) is 1.83. The second kappa shape index (κ2) is 4.39. The van der Waals surface area contributed by atoms with E-state index in [1.165, 1.54) is 16.5 Å². The average Bonchev–Trinajstić information content (AvgIpc) is 2.85. The minimum absolute atomic E-state index is 0.641. The summed E-state index contributed by atoms with van der Waals surface area (Å²) in [4.78, 5) is 12.1. The second-order valence-electron chi connectivity index (χ2n) is 4.68. The zero-order valence-electron chi connectivity index (χ0n) is 11.3. The van der Waals surface area contributed by atoms with Crippen molar-refractivity contribution in [1.82, 2.24) is 15.0 Å². The number of benzene rings is 1. The molecule has 3 rings (SSSR count). The number of aryl methyl sites for hydroxylation is 2. The second-order valence-corrected chi connectivity index (χ2v) is 4.68. The third kappa shape index (κ3) is 1.85. The fraction of sp³-hybridized carbons (Fsp3) is 0.200. The monoisotopic (exact) mass is 252 g/mol. The number of aromatic nitrogens is 3. The van der Waals surface area contributed by atoms with Crippen molar-refractivity contribution in [3.8, 4) is 11.3 Å². The van der Waals surface area contributed by atoms with E-state index < -0.39 is 0 Å². The third-order valence-electron chi connectivity index (χ3n) is 3.37. The van der Waals surface area contributed by atoms with E-state index in [4.69, 9.17) is 0 Å². The van der Waals surface area contributed by atoms with Crippen molar-refractivity contribution < 1.29 is 0 Å². The molecular weight excluding hydrogens is 236 g/mol. The Kier molecular flexibility index (Phi) is 2.71. The van der Waals surface area contributed by atoms with Crippen molar-refractivity contribution in [3.63, 3.8) is 0 Å². The summed E-state index contributed by atoms with van der Waals surface area (Å²) in [5.41, 5.74) is 5.57. The van der Waals surface area contributed by atoms with Crippen LogP contribution in [0.25, 0.3) is 22.2 Å². The van der Waals surface area contributed by atoms with Gasteiger partial charge in [0.05, 0.1) is 5.69 Å². The molecule has 2 heterocycles. The molecule has 4 heteroatoms. The number of anilines is 1. The van der Waals surface area contributed by atoms with Gasteiger partial charge in [0, 0.05) is 35.9 Å². The Labute approximate surface area is 111 Å². The molecule has 4 nitrogen and oxygen atoms in total. The Morgan fingerprint density at radius 2 is 2.00 bits per heavy atom. The maximum atomic E-state index is 4.57. The topological polar surface area (TPSA) is 53.6 Å². The number of rotatable bonds is 2. The summed E-state index contributed by atoms with van der Waals surface area (Å²) in [6.07, 6.45) is 3.87. The van der Waals surface area contributed by atoms with Gasteiger partial charge in [-0.3, -0.25) is 0 Å². The number of nitrogens with zero attached hydrogens (tertiary/aromatic N) is 2. The highest BCUT2D eigenvalue weighted by atomic mass is 15.1.